The third kappa shape index (κ3) is 1.45. The summed E-state index contributed by atoms with van der Waals surface area (Å²) in [4.78, 5) is 10.7. The molecule has 0 aliphatic heterocycles. The van der Waals surface area contributed by atoms with Crippen LogP contribution in [0.25, 0.3) is 0 Å². The minimum atomic E-state index is -1.41. The molecule has 0 aromatic rings. The Balaban J connectivity index is 4.37. The molecule has 0 spiro atoms. The van der Waals surface area contributed by atoms with Crippen LogP contribution in [-0.2, 0) is 9.53 Å². The van der Waals surface area contributed by atoms with E-state index in [4.69, 9.17) is 10.4 Å². The fourth-order valence-corrected chi connectivity index (χ4v) is 0.371. The fraction of sp³-hybridized carbons (Fsp3) is 0.667. The van der Waals surface area contributed by atoms with E-state index in [1.807, 2.05) is 0 Å². The number of hydrogen-bond donors (Lipinski definition) is 1. The summed E-state index contributed by atoms with van der Waals surface area (Å²) < 4.78 is 4.28. The third-order valence-corrected chi connectivity index (χ3v) is 1.20. The summed E-state index contributed by atoms with van der Waals surface area (Å²) in [6.07, 6.45) is 0. The van der Waals surface area contributed by atoms with Gasteiger partial charge in [-0.2, -0.15) is 5.26 Å². The number of carbonyl (C=O) groups excluding carboxylic acids is 1. The summed E-state index contributed by atoms with van der Waals surface area (Å²) in [5.74, 6) is -0.711. The van der Waals surface area contributed by atoms with Gasteiger partial charge in [-0.25, -0.2) is 0 Å². The third-order valence-electron chi connectivity index (χ3n) is 1.20. The largest absolute Gasteiger partial charge is 0.468 e. The first-order valence-corrected chi connectivity index (χ1v) is 2.71. The van der Waals surface area contributed by atoms with Crippen molar-refractivity contribution >= 4 is 5.97 Å². The molecule has 10 heavy (non-hydrogen) atoms. The Morgan fingerprint density at radius 2 is 2.40 bits per heavy atom. The number of nitrogens with zero attached hydrogens (tertiary/aromatic N) is 1. The maximum absolute atomic E-state index is 10.7. The zero-order valence-corrected chi connectivity index (χ0v) is 5.92. The van der Waals surface area contributed by atoms with Gasteiger partial charge in [0.05, 0.1) is 19.8 Å². The number of aliphatic hydroxyl groups excluding tert-OH is 1. The molecule has 4 heteroatoms. The van der Waals surface area contributed by atoms with Gasteiger partial charge in [0, 0.05) is 0 Å². The monoisotopic (exact) mass is 143 g/mol. The van der Waals surface area contributed by atoms with Crippen molar-refractivity contribution in [1.82, 2.24) is 0 Å². The van der Waals surface area contributed by atoms with Crippen molar-refractivity contribution in [3.05, 3.63) is 0 Å². The minimum Gasteiger partial charge on any atom is -0.468 e. The number of aliphatic hydroxyl groups is 1. The number of nitriles is 1. The molecule has 56 valence electrons. The zero-order valence-electron chi connectivity index (χ0n) is 5.92. The van der Waals surface area contributed by atoms with Gasteiger partial charge in [-0.15, -0.1) is 0 Å². The Kier molecular flexibility index (Phi) is 2.84. The maximum Gasteiger partial charge on any atom is 0.328 e. The van der Waals surface area contributed by atoms with E-state index in [-0.39, 0.29) is 0 Å². The highest BCUT2D eigenvalue weighted by atomic mass is 16.5. The van der Waals surface area contributed by atoms with Gasteiger partial charge in [-0.1, -0.05) is 0 Å². The lowest BCUT2D eigenvalue weighted by molar-refractivity contribution is -0.150. The van der Waals surface area contributed by atoms with Crippen LogP contribution in [0.1, 0.15) is 6.92 Å². The number of esters is 1. The average Bonchev–Trinajstić information content (AvgIpc) is 2.01. The summed E-state index contributed by atoms with van der Waals surface area (Å²) in [6, 6.07) is 1.65. The number of rotatable bonds is 2. The Morgan fingerprint density at radius 1 is 1.90 bits per heavy atom. The summed E-state index contributed by atoms with van der Waals surface area (Å²) in [6.45, 7) is 0.801. The van der Waals surface area contributed by atoms with Crippen LogP contribution in [0.4, 0.5) is 0 Å². The lowest BCUT2D eigenvalue weighted by Crippen LogP contribution is -2.31. The lowest BCUT2D eigenvalue weighted by Gasteiger charge is -2.13. The molecule has 0 radical (unpaired) electrons. The molecule has 1 atom stereocenters. The first-order valence-electron chi connectivity index (χ1n) is 2.71. The molecule has 0 aliphatic rings. The second kappa shape index (κ2) is 3.18. The van der Waals surface area contributed by atoms with Crippen LogP contribution < -0.4 is 0 Å². The standard InChI is InChI=1S/C6H9NO3/c1-6(3-7,4-8)5(9)10-2/h8H,4H2,1-2H3/t6-/m0/s1. The summed E-state index contributed by atoms with van der Waals surface area (Å²) >= 11 is 0. The van der Waals surface area contributed by atoms with Crippen LogP contribution in [0.5, 0.6) is 0 Å². The van der Waals surface area contributed by atoms with E-state index in [1.54, 1.807) is 6.07 Å². The first-order chi connectivity index (χ1) is 4.60. The highest BCUT2D eigenvalue weighted by Crippen LogP contribution is 2.14. The Morgan fingerprint density at radius 3 is 2.50 bits per heavy atom. The maximum atomic E-state index is 10.7. The van der Waals surface area contributed by atoms with Crippen molar-refractivity contribution in [2.75, 3.05) is 13.7 Å². The second-order valence-electron chi connectivity index (χ2n) is 2.09. The molecule has 0 aromatic heterocycles. The van der Waals surface area contributed by atoms with E-state index in [2.05, 4.69) is 4.74 Å². The Hall–Kier alpha value is -1.08. The van der Waals surface area contributed by atoms with Crippen molar-refractivity contribution in [3.8, 4) is 6.07 Å². The predicted molar refractivity (Wildman–Crippen MR) is 32.8 cm³/mol. The van der Waals surface area contributed by atoms with Gasteiger partial charge in [0.2, 0.25) is 0 Å². The van der Waals surface area contributed by atoms with E-state index < -0.39 is 18.0 Å². The molecule has 0 aromatic carbocycles. The molecule has 0 fully saturated rings. The summed E-state index contributed by atoms with van der Waals surface area (Å²) in [5, 5.41) is 16.9. The molecule has 0 saturated heterocycles. The highest BCUT2D eigenvalue weighted by Gasteiger charge is 2.33. The number of carbonyl (C=O) groups is 1. The molecule has 0 unspecified atom stereocenters. The molecular formula is C6H9NO3. The van der Waals surface area contributed by atoms with Gasteiger partial charge in [-0.3, -0.25) is 4.79 Å². The molecule has 0 bridgehead atoms. The molecule has 0 rings (SSSR count). The highest BCUT2D eigenvalue weighted by molar-refractivity contribution is 5.79. The second-order valence-corrected chi connectivity index (χ2v) is 2.09. The van der Waals surface area contributed by atoms with E-state index in [0.717, 1.165) is 0 Å². The lowest BCUT2D eigenvalue weighted by atomic mass is 9.95. The van der Waals surface area contributed by atoms with Crippen LogP contribution in [0.3, 0.4) is 0 Å². The van der Waals surface area contributed by atoms with Gasteiger partial charge in [-0.05, 0) is 6.92 Å². The van der Waals surface area contributed by atoms with Crippen molar-refractivity contribution in [3.63, 3.8) is 0 Å². The van der Waals surface area contributed by atoms with E-state index in [9.17, 15) is 4.79 Å². The molecule has 0 aliphatic carbocycles. The predicted octanol–water partition coefficient (Wildman–Crippen LogP) is -0.318. The fourth-order valence-electron chi connectivity index (χ4n) is 0.371. The van der Waals surface area contributed by atoms with Crippen molar-refractivity contribution in [2.24, 2.45) is 5.41 Å². The van der Waals surface area contributed by atoms with E-state index >= 15 is 0 Å². The molecule has 1 N–H and O–H groups in total. The molecule has 0 heterocycles. The average molecular weight is 143 g/mol. The molecular weight excluding hydrogens is 134 g/mol. The van der Waals surface area contributed by atoms with Crippen LogP contribution in [-0.4, -0.2) is 24.8 Å². The van der Waals surface area contributed by atoms with Crippen molar-refractivity contribution < 1.29 is 14.6 Å². The van der Waals surface area contributed by atoms with Crippen LogP contribution in [0.15, 0.2) is 0 Å². The number of methoxy groups -OCH3 is 1. The Labute approximate surface area is 59.0 Å². The smallest absolute Gasteiger partial charge is 0.328 e. The van der Waals surface area contributed by atoms with Crippen LogP contribution in [0, 0.1) is 16.7 Å². The van der Waals surface area contributed by atoms with E-state index in [0.29, 0.717) is 0 Å². The van der Waals surface area contributed by atoms with Crippen LogP contribution >= 0.6 is 0 Å². The quantitative estimate of drug-likeness (QED) is 0.538. The molecule has 4 nitrogen and oxygen atoms in total. The first kappa shape index (κ1) is 8.92. The van der Waals surface area contributed by atoms with Gasteiger partial charge < -0.3 is 9.84 Å². The van der Waals surface area contributed by atoms with Crippen molar-refractivity contribution in [1.29, 1.82) is 5.26 Å². The minimum absolute atomic E-state index is 0.518. The number of hydrogen-bond acceptors (Lipinski definition) is 4. The SMILES string of the molecule is COC(=O)[C@@](C)(C#N)CO. The Bertz CT molecular complexity index is 172. The van der Waals surface area contributed by atoms with Gasteiger partial charge >= 0.3 is 5.97 Å². The van der Waals surface area contributed by atoms with Gasteiger partial charge in [0.15, 0.2) is 5.41 Å². The topological polar surface area (TPSA) is 70.3 Å². The number of ether oxygens (including phenoxy) is 1. The van der Waals surface area contributed by atoms with E-state index in [1.165, 1.54) is 14.0 Å². The van der Waals surface area contributed by atoms with Crippen LogP contribution in [0.2, 0.25) is 0 Å². The zero-order chi connectivity index (χ0) is 8.20. The van der Waals surface area contributed by atoms with Gasteiger partial charge in [0.1, 0.15) is 0 Å². The van der Waals surface area contributed by atoms with Crippen molar-refractivity contribution in [2.45, 2.75) is 6.92 Å². The normalized spacial score (nSPS) is 15.0. The summed E-state index contributed by atoms with van der Waals surface area (Å²) in [5.41, 5.74) is -1.41. The summed E-state index contributed by atoms with van der Waals surface area (Å²) in [7, 11) is 1.17. The van der Waals surface area contributed by atoms with Gasteiger partial charge in [0.25, 0.3) is 0 Å². The molecule has 0 saturated carbocycles. The molecule has 0 amide bonds.